The number of carboxylic acids is 1. The van der Waals surface area contributed by atoms with Gasteiger partial charge in [-0.3, -0.25) is 9.59 Å². The largest absolute Gasteiger partial charge is 0.478 e. The molecule has 3 heterocycles. The number of benzene rings is 2. The molecule has 0 bridgehead atoms. The van der Waals surface area contributed by atoms with Crippen molar-refractivity contribution in [1.82, 2.24) is 0 Å². The normalized spacial score (nSPS) is 11.1. The monoisotopic (exact) mass is 461 g/mol. The average molecular weight is 461 g/mol. The van der Waals surface area contributed by atoms with Gasteiger partial charge in [-0.25, -0.2) is 4.79 Å². The molecule has 0 saturated carbocycles. The third-order valence-corrected chi connectivity index (χ3v) is 5.88. The first-order chi connectivity index (χ1) is 15.9. The second-order valence-corrected chi connectivity index (χ2v) is 8.02. The first kappa shape index (κ1) is 20.5. The predicted octanol–water partition coefficient (Wildman–Crippen LogP) is 5.78. The van der Waals surface area contributed by atoms with E-state index in [2.05, 4.69) is 5.32 Å². The number of carbonyl (C=O) groups is 3. The fraction of sp³-hybridized carbons (Fsp3) is 0.0417. The van der Waals surface area contributed by atoms with E-state index in [-0.39, 0.29) is 28.5 Å². The molecule has 2 N–H and O–H groups in total. The zero-order chi connectivity index (χ0) is 23.1. The van der Waals surface area contributed by atoms with Crippen molar-refractivity contribution in [1.29, 1.82) is 0 Å². The fourth-order valence-corrected chi connectivity index (χ4v) is 4.45. The molecule has 0 aliphatic rings. The lowest BCUT2D eigenvalue weighted by Crippen LogP contribution is -2.13. The number of rotatable bonds is 5. The Hall–Kier alpha value is -4.37. The molecule has 0 fully saturated rings. The van der Waals surface area contributed by atoms with Gasteiger partial charge in [-0.1, -0.05) is 30.3 Å². The zero-order valence-corrected chi connectivity index (χ0v) is 17.9. The molecule has 33 heavy (non-hydrogen) atoms. The van der Waals surface area contributed by atoms with Crippen molar-refractivity contribution < 1.29 is 33.1 Å². The van der Waals surface area contributed by atoms with E-state index in [1.807, 2.05) is 12.1 Å². The Balaban J connectivity index is 1.51. The molecule has 0 spiro atoms. The second kappa shape index (κ2) is 7.95. The third kappa shape index (κ3) is 3.74. The molecule has 9 heteroatoms. The Kier molecular flexibility index (Phi) is 4.95. The van der Waals surface area contributed by atoms with E-state index in [1.165, 1.54) is 12.3 Å². The minimum absolute atomic E-state index is 0.0649. The minimum atomic E-state index is -1.23. The summed E-state index contributed by atoms with van der Waals surface area (Å²) in [6, 6.07) is 15.5. The molecular formula is C24H15NO7S. The molecule has 2 aromatic carbocycles. The van der Waals surface area contributed by atoms with Crippen LogP contribution in [0.15, 0.2) is 68.8 Å². The summed E-state index contributed by atoms with van der Waals surface area (Å²) < 4.78 is 16.6. The van der Waals surface area contributed by atoms with E-state index in [9.17, 15) is 19.5 Å². The molecule has 0 saturated heterocycles. The summed E-state index contributed by atoms with van der Waals surface area (Å²) >= 11 is 1.11. The van der Waals surface area contributed by atoms with Crippen LogP contribution in [0.1, 0.15) is 27.8 Å². The number of nitrogens with one attached hydrogen (secondary N) is 1. The summed E-state index contributed by atoms with van der Waals surface area (Å²) in [6.45, 7) is 1.28. The summed E-state index contributed by atoms with van der Waals surface area (Å²) in [5, 5.41) is 15.4. The maximum Gasteiger partial charge on any atom is 0.339 e. The molecule has 0 atom stereocenters. The molecule has 0 unspecified atom stereocenters. The number of furan rings is 2. The lowest BCUT2D eigenvalue weighted by atomic mass is 10.1. The van der Waals surface area contributed by atoms with Gasteiger partial charge in [0, 0.05) is 23.1 Å². The number of carboxylic acid groups (broad SMARTS) is 1. The highest BCUT2D eigenvalue weighted by Crippen LogP contribution is 2.40. The summed E-state index contributed by atoms with van der Waals surface area (Å²) in [6.07, 6.45) is 0. The summed E-state index contributed by atoms with van der Waals surface area (Å²) in [7, 11) is 0. The lowest BCUT2D eigenvalue weighted by Gasteiger charge is -2.03. The molecule has 0 radical (unpaired) electrons. The zero-order valence-electron chi connectivity index (χ0n) is 17.1. The molecule has 3 aromatic heterocycles. The highest BCUT2D eigenvalue weighted by molar-refractivity contribution is 7.14. The van der Waals surface area contributed by atoms with E-state index in [0.717, 1.165) is 16.7 Å². The van der Waals surface area contributed by atoms with E-state index >= 15 is 0 Å². The number of aromatic carboxylic acids is 1. The molecule has 0 aliphatic heterocycles. The van der Waals surface area contributed by atoms with Gasteiger partial charge < -0.3 is 24.0 Å². The quantitative estimate of drug-likeness (QED) is 0.251. The van der Waals surface area contributed by atoms with Crippen molar-refractivity contribution in [3.05, 3.63) is 71.3 Å². The van der Waals surface area contributed by atoms with Gasteiger partial charge in [0.25, 0.3) is 5.91 Å². The maximum atomic E-state index is 12.7. The Morgan fingerprint density at radius 3 is 2.55 bits per heavy atom. The van der Waals surface area contributed by atoms with Gasteiger partial charge in [0.05, 0.1) is 10.6 Å². The number of amides is 1. The Morgan fingerprint density at radius 1 is 1.00 bits per heavy atom. The lowest BCUT2D eigenvalue weighted by molar-refractivity contribution is -0.131. The van der Waals surface area contributed by atoms with Crippen LogP contribution in [0, 0.1) is 0 Å². The standard InChI is InChI=1S/C24H15NO7S/c1-12(26)30-17-8-4-6-14-10-18(32-21(14)17)22-20(24(28)29)15(11-33-22)25-23(27)19-9-13-5-2-3-7-16(13)31-19/h2-11H,1H3,(H,25,27)(H,28,29). The van der Waals surface area contributed by atoms with Gasteiger partial charge in [-0.05, 0) is 24.3 Å². The first-order valence-electron chi connectivity index (χ1n) is 9.77. The smallest absolute Gasteiger partial charge is 0.339 e. The highest BCUT2D eigenvalue weighted by atomic mass is 32.1. The molecule has 8 nitrogen and oxygen atoms in total. The molecule has 5 rings (SSSR count). The van der Waals surface area contributed by atoms with Crippen LogP contribution in [0.2, 0.25) is 0 Å². The van der Waals surface area contributed by atoms with Crippen molar-refractivity contribution in [3.8, 4) is 16.4 Å². The number of hydrogen-bond acceptors (Lipinski definition) is 7. The molecule has 5 aromatic rings. The summed E-state index contributed by atoms with van der Waals surface area (Å²) in [5.41, 5.74) is 0.879. The number of fused-ring (bicyclic) bond motifs is 2. The summed E-state index contributed by atoms with van der Waals surface area (Å²) in [5.74, 6) is -1.73. The number of hydrogen-bond donors (Lipinski definition) is 2. The Bertz CT molecular complexity index is 1520. The fourth-order valence-electron chi connectivity index (χ4n) is 3.50. The van der Waals surface area contributed by atoms with Gasteiger partial charge in [0.2, 0.25) is 0 Å². The highest BCUT2D eigenvalue weighted by Gasteiger charge is 2.25. The molecule has 1 amide bonds. The first-order valence-corrected chi connectivity index (χ1v) is 10.6. The van der Waals surface area contributed by atoms with Crippen LogP contribution in [0.25, 0.3) is 32.6 Å². The van der Waals surface area contributed by atoms with Crippen molar-refractivity contribution >= 4 is 56.8 Å². The molecule has 164 valence electrons. The molecule has 0 aliphatic carbocycles. The van der Waals surface area contributed by atoms with Crippen LogP contribution in [0.4, 0.5) is 5.69 Å². The van der Waals surface area contributed by atoms with Gasteiger partial charge in [0.1, 0.15) is 16.9 Å². The number of esters is 1. The van der Waals surface area contributed by atoms with Crippen LogP contribution >= 0.6 is 11.3 Å². The number of para-hydroxylation sites is 2. The Labute approximate surface area is 190 Å². The van der Waals surface area contributed by atoms with Gasteiger partial charge >= 0.3 is 11.9 Å². The Morgan fingerprint density at radius 2 is 1.79 bits per heavy atom. The van der Waals surface area contributed by atoms with E-state index in [0.29, 0.717) is 21.4 Å². The van der Waals surface area contributed by atoms with E-state index < -0.39 is 17.8 Å². The molecular weight excluding hydrogens is 446 g/mol. The average Bonchev–Trinajstić information content (AvgIpc) is 3.49. The predicted molar refractivity (Wildman–Crippen MR) is 122 cm³/mol. The van der Waals surface area contributed by atoms with Crippen LogP contribution in [0.5, 0.6) is 5.75 Å². The summed E-state index contributed by atoms with van der Waals surface area (Å²) in [4.78, 5) is 36.5. The minimum Gasteiger partial charge on any atom is -0.478 e. The van der Waals surface area contributed by atoms with Gasteiger partial charge in [0.15, 0.2) is 17.1 Å². The van der Waals surface area contributed by atoms with Crippen molar-refractivity contribution in [3.63, 3.8) is 0 Å². The topological polar surface area (TPSA) is 119 Å². The van der Waals surface area contributed by atoms with Gasteiger partial charge in [-0.2, -0.15) is 0 Å². The second-order valence-electron chi connectivity index (χ2n) is 7.14. The number of thiophene rings is 1. The number of carbonyl (C=O) groups excluding carboxylic acids is 2. The maximum absolute atomic E-state index is 12.7. The van der Waals surface area contributed by atoms with E-state index in [1.54, 1.807) is 42.5 Å². The van der Waals surface area contributed by atoms with Crippen molar-refractivity contribution in [2.24, 2.45) is 0 Å². The van der Waals surface area contributed by atoms with Gasteiger partial charge in [-0.15, -0.1) is 11.3 Å². The van der Waals surface area contributed by atoms with Crippen molar-refractivity contribution in [2.75, 3.05) is 5.32 Å². The van der Waals surface area contributed by atoms with E-state index in [4.69, 9.17) is 13.6 Å². The number of ether oxygens (including phenoxy) is 1. The van der Waals surface area contributed by atoms with Crippen LogP contribution in [-0.4, -0.2) is 23.0 Å². The van der Waals surface area contributed by atoms with Crippen molar-refractivity contribution in [2.45, 2.75) is 6.92 Å². The van der Waals surface area contributed by atoms with Crippen LogP contribution < -0.4 is 10.1 Å². The van der Waals surface area contributed by atoms with Crippen LogP contribution in [0.3, 0.4) is 0 Å². The number of anilines is 1. The third-order valence-electron chi connectivity index (χ3n) is 4.89. The SMILES string of the molecule is CC(=O)Oc1cccc2cc(-c3scc(NC(=O)c4cc5ccccc5o4)c3C(=O)O)oc12. The van der Waals surface area contributed by atoms with Crippen LogP contribution in [-0.2, 0) is 4.79 Å².